The normalized spacial score (nSPS) is 11.5. The second-order valence-corrected chi connectivity index (χ2v) is 6.26. The third-order valence-corrected chi connectivity index (χ3v) is 4.28. The molecule has 6 N–H and O–H groups in total. The van der Waals surface area contributed by atoms with E-state index in [1.165, 1.54) is 12.2 Å². The molecule has 0 saturated carbocycles. The molecular weight excluding hydrogens is 344 g/mol. The highest BCUT2D eigenvalue weighted by Gasteiger charge is 2.17. The fourth-order valence-electron chi connectivity index (χ4n) is 2.24. The Morgan fingerprint density at radius 3 is 2.50 bits per heavy atom. The van der Waals surface area contributed by atoms with Gasteiger partial charge >= 0.3 is 0 Å². The maximum atomic E-state index is 12.3. The summed E-state index contributed by atoms with van der Waals surface area (Å²) >= 11 is 1.66. The molecule has 0 aliphatic rings. The lowest BCUT2D eigenvalue weighted by Gasteiger charge is -2.04. The number of para-hydroxylation sites is 1. The molecule has 0 unspecified atom stereocenters. The molecule has 0 aromatic heterocycles. The number of carbonyl (C=O) groups is 1. The van der Waals surface area contributed by atoms with Gasteiger partial charge in [0.1, 0.15) is 17.6 Å². The second kappa shape index (κ2) is 10.2. The van der Waals surface area contributed by atoms with Gasteiger partial charge in [-0.1, -0.05) is 24.3 Å². The molecule has 5 nitrogen and oxygen atoms in total. The van der Waals surface area contributed by atoms with Gasteiger partial charge < -0.3 is 5.41 Å². The van der Waals surface area contributed by atoms with Crippen molar-refractivity contribution in [2.75, 3.05) is 6.26 Å². The molecule has 132 valence electrons. The average Bonchev–Trinajstić information content (AvgIpc) is 2.68. The van der Waals surface area contributed by atoms with E-state index in [9.17, 15) is 4.79 Å². The summed E-state index contributed by atoms with van der Waals surface area (Å²) in [5.41, 5.74) is 2.14. The van der Waals surface area contributed by atoms with Crippen molar-refractivity contribution in [3.8, 4) is 0 Å². The number of nitrogens with one attached hydrogen (secondary N) is 2. The van der Waals surface area contributed by atoms with Crippen LogP contribution >= 0.6 is 11.8 Å². The summed E-state index contributed by atoms with van der Waals surface area (Å²) in [6.07, 6.45) is 7.58. The predicted octanol–water partition coefficient (Wildman–Crippen LogP) is 2.13. The average molecular weight is 366 g/mol. The van der Waals surface area contributed by atoms with Crippen molar-refractivity contribution in [1.29, 1.82) is 10.8 Å². The van der Waals surface area contributed by atoms with Gasteiger partial charge in [-0.25, -0.2) is 0 Å². The molecule has 0 spiro atoms. The van der Waals surface area contributed by atoms with Crippen LogP contribution in [-0.2, 0) is 4.79 Å². The Hall–Kier alpha value is -2.80. The van der Waals surface area contributed by atoms with Crippen LogP contribution in [0.1, 0.15) is 0 Å². The minimum Gasteiger partial charge on any atom is -0.309 e. The van der Waals surface area contributed by atoms with E-state index in [1.807, 2.05) is 66.2 Å². The number of ketones is 1. The largest absolute Gasteiger partial charge is 0.309 e. The Balaban J connectivity index is 2.02. The fourth-order valence-corrected chi connectivity index (χ4v) is 2.71. The molecule has 0 saturated heterocycles. The van der Waals surface area contributed by atoms with Crippen LogP contribution in [0, 0.1) is 10.8 Å². The highest BCUT2D eigenvalue weighted by atomic mass is 32.2. The lowest BCUT2D eigenvalue weighted by molar-refractivity contribution is -0.508. The Morgan fingerprint density at radius 1 is 1.08 bits per heavy atom. The summed E-state index contributed by atoms with van der Waals surface area (Å²) in [6.45, 7) is 0. The predicted molar refractivity (Wildman–Crippen MR) is 107 cm³/mol. The first-order valence-electron chi connectivity index (χ1n) is 8.03. The van der Waals surface area contributed by atoms with Crippen LogP contribution in [-0.4, -0.2) is 24.0 Å². The molecule has 0 fully saturated rings. The van der Waals surface area contributed by atoms with Crippen molar-refractivity contribution in [2.45, 2.75) is 4.90 Å². The first-order chi connectivity index (χ1) is 12.6. The van der Waals surface area contributed by atoms with Gasteiger partial charge in [-0.2, -0.15) is 0 Å². The van der Waals surface area contributed by atoms with Gasteiger partial charge in [-0.05, 0) is 30.5 Å². The minimum atomic E-state index is -0.400. The van der Waals surface area contributed by atoms with E-state index in [1.54, 1.807) is 23.3 Å². The zero-order chi connectivity index (χ0) is 18.8. The molecule has 26 heavy (non-hydrogen) atoms. The SMILES string of the molecule is CSc1cccc([NH2+]/C=C\C(=O)C(=N)/C(=C/C=N)[NH2+]c2ccccc2)c1. The van der Waals surface area contributed by atoms with Crippen LogP contribution in [0.15, 0.2) is 83.5 Å². The Bertz CT molecular complexity index is 844. The molecule has 0 radical (unpaired) electrons. The maximum Gasteiger partial charge on any atom is 0.214 e. The number of benzene rings is 2. The van der Waals surface area contributed by atoms with E-state index in [0.717, 1.165) is 22.5 Å². The van der Waals surface area contributed by atoms with Gasteiger partial charge in [-0.15, -0.1) is 11.8 Å². The molecule has 2 rings (SSSR count). The topological polar surface area (TPSA) is 98.0 Å². The molecule has 0 heterocycles. The van der Waals surface area contributed by atoms with Crippen molar-refractivity contribution in [3.05, 3.63) is 78.6 Å². The first kappa shape index (κ1) is 19.5. The van der Waals surface area contributed by atoms with E-state index in [-0.39, 0.29) is 5.71 Å². The molecule has 0 amide bonds. The molecule has 0 atom stereocenters. The summed E-state index contributed by atoms with van der Waals surface area (Å²) in [6, 6.07) is 17.4. The van der Waals surface area contributed by atoms with Crippen LogP contribution < -0.4 is 10.6 Å². The van der Waals surface area contributed by atoms with Gasteiger partial charge in [0, 0.05) is 29.3 Å². The van der Waals surface area contributed by atoms with E-state index in [0.29, 0.717) is 5.70 Å². The number of nitrogens with two attached hydrogens (primary N) is 2. The van der Waals surface area contributed by atoms with Gasteiger partial charge in [0.2, 0.25) is 5.78 Å². The van der Waals surface area contributed by atoms with E-state index >= 15 is 0 Å². The van der Waals surface area contributed by atoms with Crippen LogP contribution in [0.2, 0.25) is 0 Å². The number of allylic oxidation sites excluding steroid dienone is 3. The quantitative estimate of drug-likeness (QED) is 0.237. The van der Waals surface area contributed by atoms with Crippen LogP contribution in [0.3, 0.4) is 0 Å². The molecule has 2 aromatic rings. The smallest absolute Gasteiger partial charge is 0.214 e. The Morgan fingerprint density at radius 2 is 1.81 bits per heavy atom. The van der Waals surface area contributed by atoms with Crippen molar-refractivity contribution >= 4 is 40.8 Å². The molecule has 0 aliphatic heterocycles. The number of hydrogen-bond acceptors (Lipinski definition) is 4. The van der Waals surface area contributed by atoms with E-state index in [2.05, 4.69) is 0 Å². The Labute approximate surface area is 157 Å². The highest BCUT2D eigenvalue weighted by Crippen LogP contribution is 2.15. The summed E-state index contributed by atoms with van der Waals surface area (Å²) in [7, 11) is 0. The molecule has 2 aromatic carbocycles. The van der Waals surface area contributed by atoms with Crippen molar-refractivity contribution in [3.63, 3.8) is 0 Å². The molecule has 6 heteroatoms. The van der Waals surface area contributed by atoms with Crippen LogP contribution in [0.4, 0.5) is 11.4 Å². The summed E-state index contributed by atoms with van der Waals surface area (Å²) in [4.78, 5) is 13.4. The zero-order valence-electron chi connectivity index (χ0n) is 14.5. The Kier molecular flexibility index (Phi) is 7.70. The van der Waals surface area contributed by atoms with Crippen LogP contribution in [0.25, 0.3) is 0 Å². The summed E-state index contributed by atoms with van der Waals surface area (Å²) < 4.78 is 0. The third-order valence-electron chi connectivity index (χ3n) is 3.55. The van der Waals surface area contributed by atoms with E-state index in [4.69, 9.17) is 10.8 Å². The van der Waals surface area contributed by atoms with Crippen LogP contribution in [0.5, 0.6) is 0 Å². The van der Waals surface area contributed by atoms with Crippen molar-refractivity contribution in [1.82, 2.24) is 0 Å². The lowest BCUT2D eigenvalue weighted by atomic mass is 10.1. The number of thioether (sulfide) groups is 1. The minimum absolute atomic E-state index is 0.139. The fraction of sp³-hybridized carbons (Fsp3) is 0.0500. The second-order valence-electron chi connectivity index (χ2n) is 5.39. The maximum absolute atomic E-state index is 12.3. The van der Waals surface area contributed by atoms with Gasteiger partial charge in [0.05, 0.1) is 0 Å². The van der Waals surface area contributed by atoms with E-state index < -0.39 is 5.78 Å². The standard InChI is InChI=1S/C20H20N4OS/c1-26-17-9-5-8-16(14-17)23-13-11-19(25)20(22)18(10-12-21)24-15-6-3-2-4-7-15/h2-14,21-24H,1H3/p+2/b13-11-,18-10-,21-12?,22-20?. The monoisotopic (exact) mass is 366 g/mol. The van der Waals surface area contributed by atoms with Gasteiger partial charge in [-0.3, -0.25) is 20.8 Å². The van der Waals surface area contributed by atoms with Crippen molar-refractivity contribution < 1.29 is 15.4 Å². The van der Waals surface area contributed by atoms with Gasteiger partial charge in [0.15, 0.2) is 11.4 Å². The molecule has 0 aliphatic carbocycles. The highest BCUT2D eigenvalue weighted by molar-refractivity contribution is 7.98. The summed E-state index contributed by atoms with van der Waals surface area (Å²) in [5.74, 6) is -0.400. The summed E-state index contributed by atoms with van der Waals surface area (Å²) in [5, 5.41) is 19.0. The number of carbonyl (C=O) groups excluding carboxylic acids is 1. The number of hydrogen-bond donors (Lipinski definition) is 4. The third kappa shape index (κ3) is 5.93. The zero-order valence-corrected chi connectivity index (χ0v) is 15.3. The molecular formula is C20H22N4OS+2. The van der Waals surface area contributed by atoms with Gasteiger partial charge in [0.25, 0.3) is 0 Å². The lowest BCUT2D eigenvalue weighted by Crippen LogP contribution is -2.78. The first-order valence-corrected chi connectivity index (χ1v) is 9.26. The van der Waals surface area contributed by atoms with Crippen molar-refractivity contribution in [2.24, 2.45) is 0 Å². The number of rotatable bonds is 9. The molecule has 0 bridgehead atoms. The number of quaternary nitrogens is 2.